The molecule has 0 saturated carbocycles. The van der Waals surface area contributed by atoms with E-state index in [1.54, 1.807) is 24.3 Å². The summed E-state index contributed by atoms with van der Waals surface area (Å²) in [7, 11) is -2.18. The van der Waals surface area contributed by atoms with Crippen LogP contribution in [0.25, 0.3) is 0 Å². The highest BCUT2D eigenvalue weighted by Crippen LogP contribution is 2.23. The van der Waals surface area contributed by atoms with Crippen molar-refractivity contribution in [2.75, 3.05) is 7.05 Å². The van der Waals surface area contributed by atoms with Crippen molar-refractivity contribution in [3.63, 3.8) is 0 Å². The second kappa shape index (κ2) is 7.58. The molecular formula is C16H16BrF2NO3S. The molecule has 0 saturated heterocycles. The third kappa shape index (κ3) is 4.52. The van der Waals surface area contributed by atoms with Crippen molar-refractivity contribution in [1.82, 2.24) is 4.31 Å². The molecule has 0 atom stereocenters. The molecule has 0 bridgehead atoms. The quantitative estimate of drug-likeness (QED) is 0.705. The molecule has 2 aromatic rings. The molecule has 0 unspecified atom stereocenters. The minimum absolute atomic E-state index is 0.0304. The van der Waals surface area contributed by atoms with E-state index >= 15 is 0 Å². The monoisotopic (exact) mass is 419 g/mol. The zero-order valence-electron chi connectivity index (χ0n) is 13.0. The smallest absolute Gasteiger partial charge is 0.387 e. The average Bonchev–Trinajstić information content (AvgIpc) is 2.51. The van der Waals surface area contributed by atoms with Crippen LogP contribution < -0.4 is 4.74 Å². The van der Waals surface area contributed by atoms with Gasteiger partial charge in [0.05, 0.1) is 4.90 Å². The van der Waals surface area contributed by atoms with Gasteiger partial charge in [-0.15, -0.1) is 0 Å². The van der Waals surface area contributed by atoms with Crippen LogP contribution in [0.5, 0.6) is 5.75 Å². The van der Waals surface area contributed by atoms with E-state index < -0.39 is 16.6 Å². The van der Waals surface area contributed by atoms with Gasteiger partial charge in [0, 0.05) is 18.1 Å². The van der Waals surface area contributed by atoms with E-state index in [1.165, 1.54) is 29.6 Å². The number of aryl methyl sites for hydroxylation is 1. The molecule has 2 rings (SSSR count). The number of ether oxygens (including phenoxy) is 1. The normalized spacial score (nSPS) is 12.0. The number of alkyl halides is 2. The van der Waals surface area contributed by atoms with Crippen LogP contribution >= 0.6 is 15.9 Å². The third-order valence-electron chi connectivity index (χ3n) is 3.39. The van der Waals surface area contributed by atoms with Gasteiger partial charge in [-0.2, -0.15) is 13.1 Å². The van der Waals surface area contributed by atoms with Crippen LogP contribution in [0.15, 0.2) is 51.8 Å². The van der Waals surface area contributed by atoms with E-state index in [0.29, 0.717) is 5.56 Å². The molecule has 24 heavy (non-hydrogen) atoms. The van der Waals surface area contributed by atoms with E-state index in [4.69, 9.17) is 0 Å². The minimum atomic E-state index is -3.64. The van der Waals surface area contributed by atoms with Gasteiger partial charge in [-0.25, -0.2) is 8.42 Å². The van der Waals surface area contributed by atoms with Crippen molar-refractivity contribution in [1.29, 1.82) is 0 Å². The first kappa shape index (κ1) is 18.8. The first-order valence-electron chi connectivity index (χ1n) is 6.96. The Kier molecular flexibility index (Phi) is 5.95. The average molecular weight is 420 g/mol. The van der Waals surface area contributed by atoms with Crippen LogP contribution in [0, 0.1) is 6.92 Å². The van der Waals surface area contributed by atoms with Crippen molar-refractivity contribution >= 4 is 26.0 Å². The molecule has 130 valence electrons. The highest BCUT2D eigenvalue weighted by atomic mass is 79.9. The van der Waals surface area contributed by atoms with E-state index in [-0.39, 0.29) is 17.2 Å². The Bertz CT molecular complexity index is 811. The maximum absolute atomic E-state index is 12.6. The van der Waals surface area contributed by atoms with Crippen LogP contribution in [0.2, 0.25) is 0 Å². The molecule has 2 aromatic carbocycles. The zero-order valence-corrected chi connectivity index (χ0v) is 15.4. The lowest BCUT2D eigenvalue weighted by atomic mass is 10.2. The molecule has 0 heterocycles. The van der Waals surface area contributed by atoms with Gasteiger partial charge in [0.15, 0.2) is 0 Å². The largest absolute Gasteiger partial charge is 0.435 e. The number of halogens is 3. The van der Waals surface area contributed by atoms with Gasteiger partial charge in [-0.1, -0.05) is 28.1 Å². The van der Waals surface area contributed by atoms with E-state index in [0.717, 1.165) is 10.0 Å². The predicted octanol–water partition coefficient (Wildman–Crippen LogP) is 4.18. The minimum Gasteiger partial charge on any atom is -0.435 e. The van der Waals surface area contributed by atoms with Crippen molar-refractivity contribution in [2.45, 2.75) is 25.0 Å². The summed E-state index contributed by atoms with van der Waals surface area (Å²) in [6.07, 6.45) is 0. The molecule has 0 N–H and O–H groups in total. The molecule has 0 fully saturated rings. The Morgan fingerprint density at radius 3 is 2.33 bits per heavy atom. The van der Waals surface area contributed by atoms with Gasteiger partial charge in [-0.05, 0) is 48.4 Å². The molecule has 0 aliphatic rings. The Hall–Kier alpha value is -1.51. The fourth-order valence-corrected chi connectivity index (χ4v) is 3.57. The number of hydrogen-bond donors (Lipinski definition) is 0. The fourth-order valence-electron chi connectivity index (χ4n) is 2.08. The van der Waals surface area contributed by atoms with Crippen molar-refractivity contribution in [3.05, 3.63) is 58.1 Å². The molecule has 0 aliphatic carbocycles. The predicted molar refractivity (Wildman–Crippen MR) is 90.6 cm³/mol. The molecule has 0 aliphatic heterocycles. The first-order chi connectivity index (χ1) is 11.2. The summed E-state index contributed by atoms with van der Waals surface area (Å²) >= 11 is 3.34. The molecule has 8 heteroatoms. The van der Waals surface area contributed by atoms with Crippen LogP contribution in [-0.2, 0) is 16.6 Å². The van der Waals surface area contributed by atoms with Crippen LogP contribution in [-0.4, -0.2) is 26.4 Å². The summed E-state index contributed by atoms with van der Waals surface area (Å²) in [6.45, 7) is -0.961. The second-order valence-electron chi connectivity index (χ2n) is 5.19. The van der Waals surface area contributed by atoms with E-state index in [9.17, 15) is 17.2 Å². The van der Waals surface area contributed by atoms with Gasteiger partial charge in [0.1, 0.15) is 5.75 Å². The maximum atomic E-state index is 12.6. The van der Waals surface area contributed by atoms with Gasteiger partial charge in [0.25, 0.3) is 0 Å². The lowest BCUT2D eigenvalue weighted by molar-refractivity contribution is -0.0498. The van der Waals surface area contributed by atoms with Gasteiger partial charge in [0.2, 0.25) is 10.0 Å². The molecular weight excluding hydrogens is 404 g/mol. The Morgan fingerprint density at radius 1 is 1.17 bits per heavy atom. The third-order valence-corrected chi connectivity index (χ3v) is 6.08. The SMILES string of the molecule is Cc1cc(S(=O)(=O)N(C)Cc2ccc(OC(F)F)cc2)ccc1Br. The number of rotatable bonds is 6. The Balaban J connectivity index is 2.15. The number of nitrogens with zero attached hydrogens (tertiary/aromatic N) is 1. The maximum Gasteiger partial charge on any atom is 0.387 e. The lowest BCUT2D eigenvalue weighted by Gasteiger charge is -2.18. The van der Waals surface area contributed by atoms with E-state index in [2.05, 4.69) is 20.7 Å². The van der Waals surface area contributed by atoms with Crippen LogP contribution in [0.3, 0.4) is 0 Å². The summed E-state index contributed by atoms with van der Waals surface area (Å²) in [5.74, 6) is 0.0304. The number of benzene rings is 2. The van der Waals surface area contributed by atoms with E-state index in [1.807, 2.05) is 6.92 Å². The topological polar surface area (TPSA) is 46.6 Å². The Labute approximate surface area is 148 Å². The molecule has 0 aromatic heterocycles. The molecule has 4 nitrogen and oxygen atoms in total. The fraction of sp³-hybridized carbons (Fsp3) is 0.250. The van der Waals surface area contributed by atoms with Gasteiger partial charge in [-0.3, -0.25) is 0 Å². The van der Waals surface area contributed by atoms with Gasteiger partial charge >= 0.3 is 6.61 Å². The summed E-state index contributed by atoms with van der Waals surface area (Å²) in [5.41, 5.74) is 1.48. The van der Waals surface area contributed by atoms with Crippen LogP contribution in [0.1, 0.15) is 11.1 Å². The summed E-state index contributed by atoms with van der Waals surface area (Å²) in [4.78, 5) is 0.198. The highest BCUT2D eigenvalue weighted by molar-refractivity contribution is 9.10. The number of sulfonamides is 1. The lowest BCUT2D eigenvalue weighted by Crippen LogP contribution is -2.26. The molecule has 0 spiro atoms. The summed E-state index contributed by atoms with van der Waals surface area (Å²) < 4.78 is 55.7. The standard InChI is InChI=1S/C16H16BrF2NO3S/c1-11-9-14(7-8-15(11)17)24(21,22)20(2)10-12-3-5-13(6-4-12)23-16(18)19/h3-9,16H,10H2,1-2H3. The first-order valence-corrected chi connectivity index (χ1v) is 9.19. The highest BCUT2D eigenvalue weighted by Gasteiger charge is 2.21. The summed E-state index contributed by atoms with van der Waals surface area (Å²) in [6, 6.07) is 10.7. The van der Waals surface area contributed by atoms with Crippen molar-refractivity contribution < 1.29 is 21.9 Å². The summed E-state index contributed by atoms with van der Waals surface area (Å²) in [5, 5.41) is 0. The van der Waals surface area contributed by atoms with Crippen molar-refractivity contribution in [2.24, 2.45) is 0 Å². The second-order valence-corrected chi connectivity index (χ2v) is 8.09. The van der Waals surface area contributed by atoms with Crippen molar-refractivity contribution in [3.8, 4) is 5.75 Å². The number of hydrogen-bond acceptors (Lipinski definition) is 3. The van der Waals surface area contributed by atoms with Crippen LogP contribution in [0.4, 0.5) is 8.78 Å². The van der Waals surface area contributed by atoms with Gasteiger partial charge < -0.3 is 4.74 Å². The molecule has 0 amide bonds. The Morgan fingerprint density at radius 2 is 1.79 bits per heavy atom. The molecule has 0 radical (unpaired) electrons. The zero-order chi connectivity index (χ0) is 17.9.